The minimum Gasteiger partial charge on any atom is -0.293 e. The van der Waals surface area contributed by atoms with Crippen molar-refractivity contribution in [2.75, 3.05) is 0 Å². The van der Waals surface area contributed by atoms with Crippen LogP contribution in [-0.4, -0.2) is 15.8 Å². The van der Waals surface area contributed by atoms with Crippen molar-refractivity contribution >= 4 is 16.7 Å². The molecule has 0 saturated heterocycles. The van der Waals surface area contributed by atoms with Gasteiger partial charge in [0.2, 0.25) is 0 Å². The Kier molecular flexibility index (Phi) is 3.92. The largest absolute Gasteiger partial charge is 0.293 e. The first kappa shape index (κ1) is 11.3. The van der Waals surface area contributed by atoms with Gasteiger partial charge in [0.1, 0.15) is 5.69 Å². The van der Waals surface area contributed by atoms with E-state index in [0.29, 0.717) is 5.69 Å². The fourth-order valence-electron chi connectivity index (χ4n) is 1.16. The number of rotatable bonds is 1. The molecule has 3 nitrogen and oxygen atoms in total. The summed E-state index contributed by atoms with van der Waals surface area (Å²) in [5.41, 5.74) is 1.31. The Balaban J connectivity index is 0.000000531. The molecule has 0 aromatic carbocycles. The summed E-state index contributed by atoms with van der Waals surface area (Å²) in [7, 11) is 0. The first-order valence-corrected chi connectivity index (χ1v) is 4.99. The lowest BCUT2D eigenvalue weighted by molar-refractivity contribution is 0.101. The Morgan fingerprint density at radius 2 is 1.93 bits per heavy atom. The Morgan fingerprint density at radius 3 is 2.60 bits per heavy atom. The zero-order chi connectivity index (χ0) is 11.3. The van der Waals surface area contributed by atoms with Gasteiger partial charge in [-0.2, -0.15) is 0 Å². The molecular formula is C12H14N2O. The second-order valence-corrected chi connectivity index (χ2v) is 2.82. The molecule has 3 heteroatoms. The molecule has 0 radical (unpaired) electrons. The molecule has 0 aliphatic rings. The number of carbonyl (C=O) groups excluding carboxylic acids is 1. The van der Waals surface area contributed by atoms with Crippen LogP contribution in [0, 0.1) is 0 Å². The highest BCUT2D eigenvalue weighted by Crippen LogP contribution is 2.10. The average molecular weight is 202 g/mol. The highest BCUT2D eigenvalue weighted by molar-refractivity contribution is 5.94. The van der Waals surface area contributed by atoms with Crippen LogP contribution >= 0.6 is 0 Å². The Labute approximate surface area is 89.2 Å². The number of fused-ring (bicyclic) bond motifs is 1. The first-order valence-electron chi connectivity index (χ1n) is 4.99. The van der Waals surface area contributed by atoms with E-state index >= 15 is 0 Å². The summed E-state index contributed by atoms with van der Waals surface area (Å²) in [5.74, 6) is -0.0151. The van der Waals surface area contributed by atoms with Crippen LogP contribution in [0.3, 0.4) is 0 Å². The van der Waals surface area contributed by atoms with Crippen LogP contribution in [0.2, 0.25) is 0 Å². The van der Waals surface area contributed by atoms with Crippen molar-refractivity contribution in [3.05, 3.63) is 36.3 Å². The summed E-state index contributed by atoms with van der Waals surface area (Å²) in [4.78, 5) is 19.2. The Hall–Kier alpha value is -1.77. The van der Waals surface area contributed by atoms with Gasteiger partial charge in [-0.3, -0.25) is 9.78 Å². The molecule has 0 aliphatic carbocycles. The van der Waals surface area contributed by atoms with Crippen LogP contribution < -0.4 is 0 Å². The number of hydrogen-bond acceptors (Lipinski definition) is 3. The summed E-state index contributed by atoms with van der Waals surface area (Å²) in [6.45, 7) is 5.51. The van der Waals surface area contributed by atoms with E-state index in [-0.39, 0.29) is 5.78 Å². The van der Waals surface area contributed by atoms with Crippen LogP contribution in [0.5, 0.6) is 0 Å². The fourth-order valence-corrected chi connectivity index (χ4v) is 1.16. The van der Waals surface area contributed by atoms with Gasteiger partial charge in [0.25, 0.3) is 0 Å². The van der Waals surface area contributed by atoms with Crippen LogP contribution in [0.25, 0.3) is 10.9 Å². The summed E-state index contributed by atoms with van der Waals surface area (Å²) in [6, 6.07) is 5.36. The molecule has 0 amide bonds. The van der Waals surface area contributed by atoms with E-state index in [1.165, 1.54) is 6.92 Å². The third-order valence-electron chi connectivity index (χ3n) is 1.85. The zero-order valence-corrected chi connectivity index (χ0v) is 9.19. The molecule has 0 fully saturated rings. The van der Waals surface area contributed by atoms with Crippen LogP contribution in [-0.2, 0) is 0 Å². The zero-order valence-electron chi connectivity index (χ0n) is 9.19. The molecule has 0 unspecified atom stereocenters. The fraction of sp³-hybridized carbons (Fsp3) is 0.250. The first-order chi connectivity index (χ1) is 7.27. The third-order valence-corrected chi connectivity index (χ3v) is 1.85. The highest BCUT2D eigenvalue weighted by atomic mass is 16.1. The molecule has 2 rings (SSSR count). The SMILES string of the molecule is CC.CC(=O)c1ccc2cnccc2n1. The number of ketones is 1. The van der Waals surface area contributed by atoms with Crippen molar-refractivity contribution in [1.29, 1.82) is 0 Å². The second kappa shape index (κ2) is 5.20. The van der Waals surface area contributed by atoms with E-state index in [9.17, 15) is 4.79 Å². The summed E-state index contributed by atoms with van der Waals surface area (Å²) in [5, 5.41) is 0.951. The number of pyridine rings is 2. The Morgan fingerprint density at radius 1 is 1.20 bits per heavy atom. The molecule has 15 heavy (non-hydrogen) atoms. The van der Waals surface area contributed by atoms with Gasteiger partial charge >= 0.3 is 0 Å². The van der Waals surface area contributed by atoms with Crippen molar-refractivity contribution in [1.82, 2.24) is 9.97 Å². The lowest BCUT2D eigenvalue weighted by Gasteiger charge is -1.97. The van der Waals surface area contributed by atoms with Crippen LogP contribution in [0.1, 0.15) is 31.3 Å². The van der Waals surface area contributed by atoms with Gasteiger partial charge in [-0.15, -0.1) is 0 Å². The normalized spacial score (nSPS) is 9.27. The number of carbonyl (C=O) groups is 1. The molecule has 2 heterocycles. The monoisotopic (exact) mass is 202 g/mol. The van der Waals surface area contributed by atoms with Gasteiger partial charge in [-0.05, 0) is 18.2 Å². The van der Waals surface area contributed by atoms with E-state index < -0.39 is 0 Å². The van der Waals surface area contributed by atoms with Gasteiger partial charge in [-0.1, -0.05) is 13.8 Å². The molecule has 2 aromatic heterocycles. The minimum absolute atomic E-state index is 0.0151. The predicted octanol–water partition coefficient (Wildman–Crippen LogP) is 2.86. The number of hydrogen-bond donors (Lipinski definition) is 0. The van der Waals surface area contributed by atoms with Crippen molar-refractivity contribution < 1.29 is 4.79 Å². The van der Waals surface area contributed by atoms with Gasteiger partial charge in [-0.25, -0.2) is 4.98 Å². The Bertz CT molecular complexity index is 466. The van der Waals surface area contributed by atoms with Gasteiger partial charge in [0, 0.05) is 24.7 Å². The standard InChI is InChI=1S/C10H8N2O.C2H6/c1-7(13)9-3-2-8-6-11-5-4-10(8)12-9;1-2/h2-6H,1H3;1-2H3. The van der Waals surface area contributed by atoms with Crippen LogP contribution in [0.4, 0.5) is 0 Å². The van der Waals surface area contributed by atoms with E-state index in [2.05, 4.69) is 9.97 Å². The molecular weight excluding hydrogens is 188 g/mol. The molecule has 0 atom stereocenters. The van der Waals surface area contributed by atoms with Crippen LogP contribution in [0.15, 0.2) is 30.6 Å². The molecule has 0 aliphatic heterocycles. The molecule has 78 valence electrons. The number of nitrogens with zero attached hydrogens (tertiary/aromatic N) is 2. The summed E-state index contributed by atoms with van der Waals surface area (Å²) in [6.07, 6.45) is 3.39. The average Bonchev–Trinajstić information content (AvgIpc) is 2.31. The van der Waals surface area contributed by atoms with Gasteiger partial charge in [0.05, 0.1) is 5.52 Å². The molecule has 2 aromatic rings. The quantitative estimate of drug-likeness (QED) is 0.668. The molecule has 0 bridgehead atoms. The van der Waals surface area contributed by atoms with Gasteiger partial charge in [0.15, 0.2) is 5.78 Å². The van der Waals surface area contributed by atoms with E-state index in [0.717, 1.165) is 10.9 Å². The maximum absolute atomic E-state index is 11.0. The third kappa shape index (κ3) is 2.59. The van der Waals surface area contributed by atoms with Crippen molar-refractivity contribution in [2.45, 2.75) is 20.8 Å². The maximum Gasteiger partial charge on any atom is 0.178 e. The lowest BCUT2D eigenvalue weighted by Crippen LogP contribution is -1.96. The lowest BCUT2D eigenvalue weighted by atomic mass is 10.2. The summed E-state index contributed by atoms with van der Waals surface area (Å²) >= 11 is 0. The van der Waals surface area contributed by atoms with E-state index in [1.807, 2.05) is 19.9 Å². The number of Topliss-reactive ketones (excluding diaryl/α,β-unsaturated/α-hetero) is 1. The minimum atomic E-state index is -0.0151. The van der Waals surface area contributed by atoms with Crippen molar-refractivity contribution in [3.8, 4) is 0 Å². The highest BCUT2D eigenvalue weighted by Gasteiger charge is 2.01. The van der Waals surface area contributed by atoms with Crippen molar-refractivity contribution in [2.24, 2.45) is 0 Å². The van der Waals surface area contributed by atoms with E-state index in [1.54, 1.807) is 24.5 Å². The van der Waals surface area contributed by atoms with Gasteiger partial charge < -0.3 is 0 Å². The second-order valence-electron chi connectivity index (χ2n) is 2.82. The van der Waals surface area contributed by atoms with E-state index in [4.69, 9.17) is 0 Å². The molecule has 0 spiro atoms. The predicted molar refractivity (Wildman–Crippen MR) is 60.9 cm³/mol. The molecule has 0 saturated carbocycles. The number of aromatic nitrogens is 2. The smallest absolute Gasteiger partial charge is 0.178 e. The topological polar surface area (TPSA) is 42.9 Å². The summed E-state index contributed by atoms with van der Waals surface area (Å²) < 4.78 is 0. The molecule has 0 N–H and O–H groups in total. The maximum atomic E-state index is 11.0. The van der Waals surface area contributed by atoms with Crippen molar-refractivity contribution in [3.63, 3.8) is 0 Å².